The molecule has 4 heteroatoms. The molecule has 1 aliphatic rings. The second kappa shape index (κ2) is 10.2. The van der Waals surface area contributed by atoms with E-state index in [9.17, 15) is 4.79 Å². The van der Waals surface area contributed by atoms with Crippen molar-refractivity contribution >= 4 is 22.0 Å². The monoisotopic (exact) mass is 415 g/mol. The van der Waals surface area contributed by atoms with Crippen LogP contribution < -0.4 is 0 Å². The molecule has 2 atom stereocenters. The lowest BCUT2D eigenvalue weighted by Gasteiger charge is -2.35. The van der Waals surface area contributed by atoms with Gasteiger partial charge in [0.05, 0.1) is 6.04 Å². The van der Waals surface area contributed by atoms with Crippen LogP contribution in [0.4, 0.5) is 4.79 Å². The van der Waals surface area contributed by atoms with Crippen LogP contribution in [0.3, 0.4) is 0 Å². The zero-order valence-electron chi connectivity index (χ0n) is 15.4. The number of cyclic esters (lactones) is 1. The maximum absolute atomic E-state index is 12.0. The first kappa shape index (κ1) is 20.2. The smallest absolute Gasteiger partial charge is 0.410 e. The van der Waals surface area contributed by atoms with Gasteiger partial charge in [0, 0.05) is 23.9 Å². The molecule has 0 bridgehead atoms. The molecule has 0 aromatic heterocycles. The molecule has 1 saturated heterocycles. The Hall–Kier alpha value is -2.07. The number of carbonyl (C=O) groups excluding carboxylic acids is 1. The average Bonchev–Trinajstić information content (AvgIpc) is 2.63. The zero-order chi connectivity index (χ0) is 18.9. The Kier molecular flexibility index (Phi) is 7.92. The summed E-state index contributed by atoms with van der Waals surface area (Å²) >= 11 is 3.41. The molecule has 0 aliphatic carbocycles. The normalized spacial score (nSPS) is 17.6. The van der Waals surface area contributed by atoms with E-state index in [1.807, 2.05) is 49.4 Å². The molecule has 138 valence electrons. The predicted molar refractivity (Wildman–Crippen MR) is 110 cm³/mol. The Bertz CT molecular complexity index is 700. The van der Waals surface area contributed by atoms with Crippen LogP contribution in [0, 0.1) is 6.92 Å². The van der Waals surface area contributed by atoms with Crippen molar-refractivity contribution in [2.24, 2.45) is 0 Å². The molecule has 3 nitrogen and oxygen atoms in total. The second-order valence-corrected chi connectivity index (χ2v) is 7.31. The molecular weight excluding hydrogens is 390 g/mol. The van der Waals surface area contributed by atoms with E-state index in [1.54, 1.807) is 11.0 Å². The van der Waals surface area contributed by atoms with Gasteiger partial charge in [-0.25, -0.2) is 4.79 Å². The van der Waals surface area contributed by atoms with Gasteiger partial charge in [-0.3, -0.25) is 0 Å². The van der Waals surface area contributed by atoms with Gasteiger partial charge in [-0.1, -0.05) is 70.0 Å². The Morgan fingerprint density at radius 2 is 1.88 bits per heavy atom. The fourth-order valence-electron chi connectivity index (χ4n) is 2.80. The van der Waals surface area contributed by atoms with E-state index in [1.165, 1.54) is 5.56 Å². The summed E-state index contributed by atoms with van der Waals surface area (Å²) in [4.78, 5) is 13.8. The number of carbonyl (C=O) groups is 1. The minimum Gasteiger partial charge on any atom is -0.446 e. The van der Waals surface area contributed by atoms with E-state index >= 15 is 0 Å². The lowest BCUT2D eigenvalue weighted by Crippen LogP contribution is -2.43. The molecule has 0 N–H and O–H groups in total. The van der Waals surface area contributed by atoms with Crippen LogP contribution in [-0.4, -0.2) is 23.6 Å². The minimum atomic E-state index is -0.228. The van der Waals surface area contributed by atoms with Crippen LogP contribution in [0.2, 0.25) is 0 Å². The van der Waals surface area contributed by atoms with E-state index in [2.05, 4.69) is 41.6 Å². The van der Waals surface area contributed by atoms with Gasteiger partial charge >= 0.3 is 6.09 Å². The van der Waals surface area contributed by atoms with Crippen molar-refractivity contribution in [3.8, 4) is 0 Å². The number of aryl methyl sites for hydroxylation is 1. The lowest BCUT2D eigenvalue weighted by molar-refractivity contribution is 0.0146. The largest absolute Gasteiger partial charge is 0.446 e. The van der Waals surface area contributed by atoms with Crippen molar-refractivity contribution < 1.29 is 9.53 Å². The Balaban J connectivity index is 0.000000290. The van der Waals surface area contributed by atoms with Gasteiger partial charge in [-0.2, -0.15) is 0 Å². The van der Waals surface area contributed by atoms with Crippen LogP contribution in [-0.2, 0) is 4.74 Å². The molecule has 0 spiro atoms. The number of benzene rings is 2. The number of hydrogen-bond donors (Lipinski definition) is 0. The van der Waals surface area contributed by atoms with Gasteiger partial charge in [-0.05, 0) is 31.5 Å². The highest BCUT2D eigenvalue weighted by Gasteiger charge is 2.30. The number of nitrogens with zero attached hydrogens (tertiary/aromatic N) is 1. The molecular formula is C22H26BrNO2. The van der Waals surface area contributed by atoms with E-state index in [0.717, 1.165) is 29.4 Å². The molecule has 2 unspecified atom stereocenters. The fourth-order valence-corrected chi connectivity index (χ4v) is 3.07. The van der Waals surface area contributed by atoms with Gasteiger partial charge in [-0.15, -0.1) is 6.58 Å². The van der Waals surface area contributed by atoms with Crippen molar-refractivity contribution in [3.05, 3.63) is 82.9 Å². The van der Waals surface area contributed by atoms with Crippen molar-refractivity contribution in [3.63, 3.8) is 0 Å². The third kappa shape index (κ3) is 6.03. The summed E-state index contributed by atoms with van der Waals surface area (Å²) in [5.74, 6) is 0. The molecule has 2 aromatic carbocycles. The summed E-state index contributed by atoms with van der Waals surface area (Å²) in [7, 11) is 0. The van der Waals surface area contributed by atoms with E-state index in [0.29, 0.717) is 0 Å². The molecule has 0 radical (unpaired) electrons. The zero-order valence-corrected chi connectivity index (χ0v) is 17.0. The van der Waals surface area contributed by atoms with E-state index in [4.69, 9.17) is 4.74 Å². The molecule has 1 aliphatic heterocycles. The molecule has 1 fully saturated rings. The standard InChI is InChI=1S/C15H18BrNO2.C7H8/c1-3-4-14-9-10-17(15(18)19-14)11(2)12-5-7-13(16)8-6-12;1-7-5-3-2-4-6-7/h3,5-8,11,14H,1,4,9-10H2,2H3;2-6H,1H3. The number of ether oxygens (including phenoxy) is 1. The predicted octanol–water partition coefficient (Wildman–Crippen LogP) is 6.29. The average molecular weight is 416 g/mol. The van der Waals surface area contributed by atoms with Crippen molar-refractivity contribution in [1.29, 1.82) is 0 Å². The van der Waals surface area contributed by atoms with Crippen molar-refractivity contribution in [2.75, 3.05) is 6.54 Å². The summed E-state index contributed by atoms with van der Waals surface area (Å²) in [5.41, 5.74) is 2.44. The third-order valence-corrected chi connectivity index (χ3v) is 4.91. The lowest BCUT2D eigenvalue weighted by atomic mass is 10.1. The molecule has 1 heterocycles. The van der Waals surface area contributed by atoms with Crippen LogP contribution in [0.5, 0.6) is 0 Å². The van der Waals surface area contributed by atoms with Gasteiger partial charge in [0.25, 0.3) is 0 Å². The van der Waals surface area contributed by atoms with E-state index in [-0.39, 0.29) is 18.2 Å². The highest BCUT2D eigenvalue weighted by atomic mass is 79.9. The summed E-state index contributed by atoms with van der Waals surface area (Å²) in [6.45, 7) is 8.52. The SMILES string of the molecule is C=CCC1CCN(C(C)c2ccc(Br)cc2)C(=O)O1.Cc1ccccc1. The van der Waals surface area contributed by atoms with Gasteiger partial charge in [0.15, 0.2) is 0 Å². The van der Waals surface area contributed by atoms with E-state index < -0.39 is 0 Å². The first-order valence-electron chi connectivity index (χ1n) is 8.86. The third-order valence-electron chi connectivity index (χ3n) is 4.38. The van der Waals surface area contributed by atoms with Gasteiger partial charge in [0.1, 0.15) is 6.10 Å². The minimum absolute atomic E-state index is 0.0154. The maximum Gasteiger partial charge on any atom is 0.410 e. The van der Waals surface area contributed by atoms with Crippen LogP contribution in [0.1, 0.15) is 36.9 Å². The molecule has 1 amide bonds. The Morgan fingerprint density at radius 1 is 1.23 bits per heavy atom. The molecule has 26 heavy (non-hydrogen) atoms. The number of hydrogen-bond acceptors (Lipinski definition) is 2. The van der Waals surface area contributed by atoms with Crippen LogP contribution >= 0.6 is 15.9 Å². The quantitative estimate of drug-likeness (QED) is 0.548. The molecule has 2 aromatic rings. The number of rotatable bonds is 4. The van der Waals surface area contributed by atoms with Crippen LogP contribution in [0.15, 0.2) is 71.7 Å². The first-order chi connectivity index (χ1) is 12.5. The maximum atomic E-state index is 12.0. The highest BCUT2D eigenvalue weighted by molar-refractivity contribution is 9.10. The second-order valence-electron chi connectivity index (χ2n) is 6.39. The van der Waals surface area contributed by atoms with Gasteiger partial charge < -0.3 is 9.64 Å². The fraction of sp³-hybridized carbons (Fsp3) is 0.318. The van der Waals surface area contributed by atoms with Crippen molar-refractivity contribution in [2.45, 2.75) is 38.8 Å². The van der Waals surface area contributed by atoms with Crippen LogP contribution in [0.25, 0.3) is 0 Å². The summed E-state index contributed by atoms with van der Waals surface area (Å²) in [6, 6.07) is 18.3. The first-order valence-corrected chi connectivity index (χ1v) is 9.66. The Labute approximate surface area is 164 Å². The molecule has 0 saturated carbocycles. The number of halogens is 1. The topological polar surface area (TPSA) is 29.5 Å². The summed E-state index contributed by atoms with van der Waals surface area (Å²) in [6.07, 6.45) is 3.14. The number of amides is 1. The Morgan fingerprint density at radius 3 is 2.38 bits per heavy atom. The van der Waals surface area contributed by atoms with Gasteiger partial charge in [0.2, 0.25) is 0 Å². The summed E-state index contributed by atoms with van der Waals surface area (Å²) < 4.78 is 6.45. The summed E-state index contributed by atoms with van der Waals surface area (Å²) in [5, 5.41) is 0. The van der Waals surface area contributed by atoms with Crippen molar-refractivity contribution in [1.82, 2.24) is 4.90 Å². The highest BCUT2D eigenvalue weighted by Crippen LogP contribution is 2.26. The molecule has 3 rings (SSSR count).